The van der Waals surface area contributed by atoms with Gasteiger partial charge in [0.15, 0.2) is 13.0 Å². The highest BCUT2D eigenvalue weighted by Gasteiger charge is 2.42. The minimum absolute atomic E-state index is 0.0409. The van der Waals surface area contributed by atoms with Gasteiger partial charge in [-0.3, -0.25) is 4.79 Å². The molecular weight excluding hydrogens is 576 g/mol. The number of benzene rings is 2. The second-order valence-electron chi connectivity index (χ2n) is 10.1. The van der Waals surface area contributed by atoms with Gasteiger partial charge in [0, 0.05) is 5.56 Å². The third kappa shape index (κ3) is 6.77. The van der Waals surface area contributed by atoms with Crippen LogP contribution in [0.3, 0.4) is 0 Å². The summed E-state index contributed by atoms with van der Waals surface area (Å²) in [5.74, 6) is -0.396. The van der Waals surface area contributed by atoms with Crippen molar-refractivity contribution in [2.45, 2.75) is 56.4 Å². The molecule has 1 aromatic heterocycles. The molecule has 0 aliphatic rings. The Bertz CT molecular complexity index is 1310. The number of aromatic nitrogens is 1. The molecule has 0 fully saturated rings. The molecule has 0 saturated heterocycles. The highest BCUT2D eigenvalue weighted by atomic mass is 79.9. The van der Waals surface area contributed by atoms with E-state index in [1.54, 1.807) is 18.2 Å². The highest BCUT2D eigenvalue weighted by Crippen LogP contribution is 2.37. The van der Waals surface area contributed by atoms with Crippen molar-refractivity contribution in [2.75, 3.05) is 13.7 Å². The van der Waals surface area contributed by atoms with Crippen molar-refractivity contribution in [3.05, 3.63) is 71.0 Å². The molecular formula is C26H33BrN2O6SSi. The molecule has 200 valence electrons. The Hall–Kier alpha value is -2.31. The summed E-state index contributed by atoms with van der Waals surface area (Å²) in [4.78, 5) is 17.6. The highest BCUT2D eigenvalue weighted by molar-refractivity contribution is 9.10. The van der Waals surface area contributed by atoms with Crippen LogP contribution in [0.5, 0.6) is 0 Å². The zero-order valence-electron chi connectivity index (χ0n) is 21.9. The average Bonchev–Trinajstić information content (AvgIpc) is 3.23. The maximum absolute atomic E-state index is 13.9. The van der Waals surface area contributed by atoms with Crippen LogP contribution >= 0.6 is 15.9 Å². The number of esters is 1. The van der Waals surface area contributed by atoms with Gasteiger partial charge >= 0.3 is 5.97 Å². The zero-order chi connectivity index (χ0) is 27.4. The van der Waals surface area contributed by atoms with Gasteiger partial charge in [0.05, 0.1) is 25.2 Å². The van der Waals surface area contributed by atoms with Gasteiger partial charge in [-0.2, -0.15) is 4.31 Å². The number of hydrogen-bond acceptors (Lipinski definition) is 7. The lowest BCUT2D eigenvalue weighted by molar-refractivity contribution is -0.146. The Balaban J connectivity index is 2.07. The van der Waals surface area contributed by atoms with Crippen LogP contribution in [0.1, 0.15) is 26.5 Å². The first kappa shape index (κ1) is 29.2. The van der Waals surface area contributed by atoms with E-state index in [9.17, 15) is 13.2 Å². The third-order valence-electron chi connectivity index (χ3n) is 6.55. The Labute approximate surface area is 228 Å². The number of ether oxygens (including phenoxy) is 1. The molecule has 3 aromatic rings. The molecule has 0 radical (unpaired) electrons. The van der Waals surface area contributed by atoms with Crippen LogP contribution in [-0.4, -0.2) is 51.8 Å². The molecule has 0 N–H and O–H groups in total. The molecule has 0 saturated carbocycles. The van der Waals surface area contributed by atoms with Gasteiger partial charge in [-0.05, 0) is 58.3 Å². The second kappa shape index (κ2) is 11.6. The lowest BCUT2D eigenvalue weighted by Gasteiger charge is -2.38. The molecule has 8 nitrogen and oxygen atoms in total. The van der Waals surface area contributed by atoms with E-state index in [1.807, 2.05) is 43.4 Å². The van der Waals surface area contributed by atoms with Gasteiger partial charge < -0.3 is 13.6 Å². The van der Waals surface area contributed by atoms with Crippen molar-refractivity contribution in [1.82, 2.24) is 9.29 Å². The SMILES string of the molecule is COC(=O)[C@H](CO[Si](C)(C)C(C)(C)C)N(Cc1nc(-c2ccccc2)oc1Br)S(=O)(=O)c1ccccc1. The quantitative estimate of drug-likeness (QED) is 0.210. The fraction of sp³-hybridized carbons (Fsp3) is 0.385. The van der Waals surface area contributed by atoms with Crippen LogP contribution in [0.2, 0.25) is 18.1 Å². The predicted octanol–water partition coefficient (Wildman–Crippen LogP) is 5.86. The maximum atomic E-state index is 13.9. The van der Waals surface area contributed by atoms with Crippen molar-refractivity contribution >= 4 is 40.2 Å². The smallest absolute Gasteiger partial charge is 0.326 e. The summed E-state index contributed by atoms with van der Waals surface area (Å²) < 4.78 is 46.3. The van der Waals surface area contributed by atoms with E-state index in [4.69, 9.17) is 13.6 Å². The van der Waals surface area contributed by atoms with E-state index >= 15 is 0 Å². The van der Waals surface area contributed by atoms with Crippen LogP contribution in [0.15, 0.2) is 74.6 Å². The number of methoxy groups -OCH3 is 1. The first-order valence-corrected chi connectivity index (χ1v) is 16.9. The number of oxazole rings is 1. The van der Waals surface area contributed by atoms with E-state index in [0.29, 0.717) is 11.6 Å². The van der Waals surface area contributed by atoms with E-state index in [2.05, 4.69) is 41.7 Å². The Morgan fingerprint density at radius 2 is 1.65 bits per heavy atom. The van der Waals surface area contributed by atoms with Gasteiger partial charge in [0.1, 0.15) is 11.7 Å². The van der Waals surface area contributed by atoms with Gasteiger partial charge in [0.25, 0.3) is 0 Å². The van der Waals surface area contributed by atoms with Crippen molar-refractivity contribution < 1.29 is 26.8 Å². The Morgan fingerprint density at radius 1 is 1.08 bits per heavy atom. The number of hydrogen-bond donors (Lipinski definition) is 0. The lowest BCUT2D eigenvalue weighted by atomic mass is 10.2. The molecule has 0 aliphatic carbocycles. The molecule has 0 spiro atoms. The molecule has 0 unspecified atom stereocenters. The summed E-state index contributed by atoms with van der Waals surface area (Å²) >= 11 is 3.37. The molecule has 1 atom stereocenters. The van der Waals surface area contributed by atoms with Gasteiger partial charge in [-0.25, -0.2) is 13.4 Å². The van der Waals surface area contributed by atoms with Crippen LogP contribution in [0, 0.1) is 0 Å². The normalized spacial score (nSPS) is 13.5. The number of carbonyl (C=O) groups is 1. The predicted molar refractivity (Wildman–Crippen MR) is 148 cm³/mol. The molecule has 1 heterocycles. The largest absolute Gasteiger partial charge is 0.468 e. The molecule has 2 aromatic carbocycles. The summed E-state index contributed by atoms with van der Waals surface area (Å²) in [7, 11) is -5.26. The first-order chi connectivity index (χ1) is 17.3. The number of sulfonamides is 1. The van der Waals surface area contributed by atoms with Crippen LogP contribution < -0.4 is 0 Å². The third-order valence-corrected chi connectivity index (χ3v) is 13.5. The minimum Gasteiger partial charge on any atom is -0.468 e. The molecule has 37 heavy (non-hydrogen) atoms. The van der Waals surface area contributed by atoms with Crippen LogP contribution in [0.25, 0.3) is 11.5 Å². The zero-order valence-corrected chi connectivity index (χ0v) is 25.3. The summed E-state index contributed by atoms with van der Waals surface area (Å²) in [6, 6.07) is 16.0. The second-order valence-corrected chi connectivity index (χ2v) is 17.5. The fourth-order valence-corrected chi connectivity index (χ4v) is 6.20. The van der Waals surface area contributed by atoms with Gasteiger partial charge in [-0.1, -0.05) is 57.2 Å². The summed E-state index contributed by atoms with van der Waals surface area (Å²) in [6.07, 6.45) is 0. The summed E-state index contributed by atoms with van der Waals surface area (Å²) in [5.41, 5.74) is 1.05. The van der Waals surface area contributed by atoms with Crippen molar-refractivity contribution in [2.24, 2.45) is 0 Å². The monoisotopic (exact) mass is 608 g/mol. The number of nitrogens with zero attached hydrogens (tertiary/aromatic N) is 2. The van der Waals surface area contributed by atoms with Gasteiger partial charge in [-0.15, -0.1) is 0 Å². The van der Waals surface area contributed by atoms with E-state index in [1.165, 1.54) is 19.2 Å². The molecule has 0 amide bonds. The number of halogens is 1. The van der Waals surface area contributed by atoms with Crippen molar-refractivity contribution in [1.29, 1.82) is 0 Å². The molecule has 3 rings (SSSR count). The van der Waals surface area contributed by atoms with Crippen molar-refractivity contribution in [3.8, 4) is 11.5 Å². The van der Waals surface area contributed by atoms with E-state index < -0.39 is 30.4 Å². The Kier molecular flexibility index (Phi) is 9.17. The lowest BCUT2D eigenvalue weighted by Crippen LogP contribution is -2.51. The van der Waals surface area contributed by atoms with Crippen molar-refractivity contribution in [3.63, 3.8) is 0 Å². The topological polar surface area (TPSA) is 98.9 Å². The molecule has 11 heteroatoms. The molecule has 0 bridgehead atoms. The van der Waals surface area contributed by atoms with E-state index in [-0.39, 0.29) is 27.8 Å². The van der Waals surface area contributed by atoms with Crippen LogP contribution in [0.4, 0.5) is 0 Å². The minimum atomic E-state index is -4.16. The Morgan fingerprint density at radius 3 is 2.19 bits per heavy atom. The van der Waals surface area contributed by atoms with E-state index in [0.717, 1.165) is 9.87 Å². The summed E-state index contributed by atoms with van der Waals surface area (Å²) in [5, 5.41) is -0.142. The fourth-order valence-electron chi connectivity index (χ4n) is 3.28. The van der Waals surface area contributed by atoms with Gasteiger partial charge in [0.2, 0.25) is 15.9 Å². The molecule has 0 aliphatic heterocycles. The average molecular weight is 610 g/mol. The first-order valence-electron chi connectivity index (χ1n) is 11.8. The number of carbonyl (C=O) groups excluding carboxylic acids is 1. The summed E-state index contributed by atoms with van der Waals surface area (Å²) in [6.45, 7) is 9.90. The van der Waals surface area contributed by atoms with Crippen LogP contribution in [-0.2, 0) is 30.5 Å². The standard InChI is InChI=1S/C26H33BrN2O6SSi/c1-26(2,3)37(5,6)34-18-22(25(30)33-4)29(36(31,32)20-15-11-8-12-16-20)17-21-23(27)35-24(28-21)19-13-9-7-10-14-19/h7-16,22H,17-18H2,1-6H3/t22-/m0/s1. The maximum Gasteiger partial charge on any atom is 0.326 e. The number of rotatable bonds is 10.